The topological polar surface area (TPSA) is 0 Å². The van der Waals surface area contributed by atoms with Gasteiger partial charge in [0, 0.05) is 5.92 Å². The molecule has 92 valence electrons. The minimum Gasteiger partial charge on any atom is -0.207 e. The van der Waals surface area contributed by atoms with Gasteiger partial charge in [0.15, 0.2) is 0 Å². The zero-order valence-electron chi connectivity index (χ0n) is 10.4. The highest BCUT2D eigenvalue weighted by atomic mass is 19.1. The summed E-state index contributed by atoms with van der Waals surface area (Å²) >= 11 is 0. The summed E-state index contributed by atoms with van der Waals surface area (Å²) in [6, 6.07) is 17.1. The Bertz CT molecular complexity index is 485. The van der Waals surface area contributed by atoms with Gasteiger partial charge in [-0.15, -0.1) is 6.58 Å². The lowest BCUT2D eigenvalue weighted by molar-refractivity contribution is 0.625. The first-order chi connectivity index (χ1) is 8.79. The van der Waals surface area contributed by atoms with Gasteiger partial charge in [-0.25, -0.2) is 4.39 Å². The molecule has 0 aliphatic heterocycles. The molecular weight excluding hydrogens is 223 g/mol. The number of hydrogen-bond donors (Lipinski definition) is 0. The minimum absolute atomic E-state index is 0.190. The van der Waals surface area contributed by atoms with Crippen molar-refractivity contribution in [3.63, 3.8) is 0 Å². The first kappa shape index (κ1) is 12.6. The number of allylic oxidation sites excluding steroid dienone is 1. The van der Waals surface area contributed by atoms with E-state index in [9.17, 15) is 4.39 Å². The van der Waals surface area contributed by atoms with E-state index in [1.807, 2.05) is 24.3 Å². The van der Waals surface area contributed by atoms with Gasteiger partial charge in [0.1, 0.15) is 5.82 Å². The normalized spacial score (nSPS) is 12.1. The predicted octanol–water partition coefficient (Wildman–Crippen LogP) is 4.73. The molecule has 2 rings (SSSR count). The number of benzene rings is 2. The number of hydrogen-bond acceptors (Lipinski definition) is 0. The predicted molar refractivity (Wildman–Crippen MR) is 74.1 cm³/mol. The Hall–Kier alpha value is -1.89. The maximum absolute atomic E-state index is 12.9. The van der Waals surface area contributed by atoms with Crippen LogP contribution in [0.3, 0.4) is 0 Å². The molecule has 0 heterocycles. The van der Waals surface area contributed by atoms with Crippen LogP contribution in [0.15, 0.2) is 67.3 Å². The van der Waals surface area contributed by atoms with E-state index in [-0.39, 0.29) is 11.7 Å². The van der Waals surface area contributed by atoms with Gasteiger partial charge in [-0.3, -0.25) is 0 Å². The molecule has 0 saturated carbocycles. The van der Waals surface area contributed by atoms with Crippen LogP contribution in [0, 0.1) is 5.82 Å². The lowest BCUT2D eigenvalue weighted by atomic mass is 9.92. The minimum atomic E-state index is -0.190. The molecule has 0 nitrogen and oxygen atoms in total. The molecule has 0 spiro atoms. The smallest absolute Gasteiger partial charge is 0.123 e. The molecule has 2 aromatic rings. The van der Waals surface area contributed by atoms with Crippen LogP contribution >= 0.6 is 0 Å². The van der Waals surface area contributed by atoms with Crippen molar-refractivity contribution in [1.82, 2.24) is 0 Å². The molecule has 0 fully saturated rings. The van der Waals surface area contributed by atoms with Crippen LogP contribution in [-0.4, -0.2) is 0 Å². The van der Waals surface area contributed by atoms with E-state index in [1.165, 1.54) is 17.7 Å². The van der Waals surface area contributed by atoms with Crippen LogP contribution in [0.4, 0.5) is 4.39 Å². The molecule has 2 aromatic carbocycles. The average molecular weight is 240 g/mol. The second-order valence-electron chi connectivity index (χ2n) is 4.42. The maximum atomic E-state index is 12.9. The molecule has 1 atom stereocenters. The third-order valence-corrected chi connectivity index (χ3v) is 3.17. The van der Waals surface area contributed by atoms with Crippen LogP contribution < -0.4 is 0 Å². The highest BCUT2D eigenvalue weighted by Crippen LogP contribution is 2.23. The van der Waals surface area contributed by atoms with Crippen molar-refractivity contribution in [3.05, 3.63) is 84.2 Å². The Kier molecular flexibility index (Phi) is 4.30. The molecule has 0 aromatic heterocycles. The van der Waals surface area contributed by atoms with Gasteiger partial charge in [0.05, 0.1) is 0 Å². The summed E-state index contributed by atoms with van der Waals surface area (Å²) < 4.78 is 12.9. The standard InChI is InChI=1S/C17H17F/c1-2-15(16-10-12-17(18)13-11-16)9-8-14-6-4-3-5-7-14/h2-7,10-13,15H,1,8-9H2. The molecule has 0 bridgehead atoms. The summed E-state index contributed by atoms with van der Waals surface area (Å²) in [7, 11) is 0. The van der Waals surface area contributed by atoms with Crippen molar-refractivity contribution in [1.29, 1.82) is 0 Å². The fraction of sp³-hybridized carbons (Fsp3) is 0.176. The summed E-state index contributed by atoms with van der Waals surface area (Å²) in [5, 5.41) is 0. The second kappa shape index (κ2) is 6.15. The highest BCUT2D eigenvalue weighted by molar-refractivity contribution is 5.24. The molecule has 0 saturated heterocycles. The van der Waals surface area contributed by atoms with Gasteiger partial charge in [0.25, 0.3) is 0 Å². The van der Waals surface area contributed by atoms with E-state index >= 15 is 0 Å². The third kappa shape index (κ3) is 3.30. The number of halogens is 1. The number of aryl methyl sites for hydroxylation is 1. The Morgan fingerprint density at radius 3 is 2.28 bits per heavy atom. The molecule has 0 aliphatic carbocycles. The SMILES string of the molecule is C=CC(CCc1ccccc1)c1ccc(F)cc1. The van der Waals surface area contributed by atoms with Crippen LogP contribution in [0.1, 0.15) is 23.5 Å². The Morgan fingerprint density at radius 1 is 1.00 bits per heavy atom. The van der Waals surface area contributed by atoms with Crippen molar-refractivity contribution in [2.45, 2.75) is 18.8 Å². The molecule has 1 unspecified atom stereocenters. The van der Waals surface area contributed by atoms with Crippen molar-refractivity contribution in [2.24, 2.45) is 0 Å². The Balaban J connectivity index is 2.02. The van der Waals surface area contributed by atoms with E-state index in [1.54, 1.807) is 0 Å². The van der Waals surface area contributed by atoms with Crippen molar-refractivity contribution in [3.8, 4) is 0 Å². The summed E-state index contributed by atoms with van der Waals surface area (Å²) in [5.74, 6) is 0.0930. The second-order valence-corrected chi connectivity index (χ2v) is 4.42. The zero-order chi connectivity index (χ0) is 12.8. The summed E-state index contributed by atoms with van der Waals surface area (Å²) in [5.41, 5.74) is 2.45. The van der Waals surface area contributed by atoms with Crippen LogP contribution in [0.5, 0.6) is 0 Å². The van der Waals surface area contributed by atoms with E-state index in [4.69, 9.17) is 0 Å². The van der Waals surface area contributed by atoms with Crippen molar-refractivity contribution < 1.29 is 4.39 Å². The lowest BCUT2D eigenvalue weighted by Gasteiger charge is -2.12. The molecule has 18 heavy (non-hydrogen) atoms. The lowest BCUT2D eigenvalue weighted by Crippen LogP contribution is -1.97. The Labute approximate surface area is 108 Å². The molecule has 0 amide bonds. The summed E-state index contributed by atoms with van der Waals surface area (Å²) in [6.45, 7) is 3.88. The molecule has 0 radical (unpaired) electrons. The van der Waals surface area contributed by atoms with E-state index in [2.05, 4.69) is 30.8 Å². The largest absolute Gasteiger partial charge is 0.207 e. The monoisotopic (exact) mass is 240 g/mol. The highest BCUT2D eigenvalue weighted by Gasteiger charge is 2.07. The van der Waals surface area contributed by atoms with Gasteiger partial charge < -0.3 is 0 Å². The van der Waals surface area contributed by atoms with E-state index < -0.39 is 0 Å². The number of rotatable bonds is 5. The Morgan fingerprint density at radius 2 is 1.67 bits per heavy atom. The molecule has 0 aliphatic rings. The van der Waals surface area contributed by atoms with Crippen molar-refractivity contribution in [2.75, 3.05) is 0 Å². The van der Waals surface area contributed by atoms with Gasteiger partial charge in [-0.1, -0.05) is 48.5 Å². The van der Waals surface area contributed by atoms with Crippen LogP contribution in [0.2, 0.25) is 0 Å². The molecular formula is C17H17F. The van der Waals surface area contributed by atoms with E-state index in [0.717, 1.165) is 18.4 Å². The fourth-order valence-electron chi connectivity index (χ4n) is 2.10. The third-order valence-electron chi connectivity index (χ3n) is 3.17. The average Bonchev–Trinajstić information content (AvgIpc) is 2.42. The van der Waals surface area contributed by atoms with Crippen LogP contribution in [-0.2, 0) is 6.42 Å². The molecule has 1 heteroatoms. The maximum Gasteiger partial charge on any atom is 0.123 e. The zero-order valence-corrected chi connectivity index (χ0v) is 10.4. The van der Waals surface area contributed by atoms with Gasteiger partial charge >= 0.3 is 0 Å². The quantitative estimate of drug-likeness (QED) is 0.663. The summed E-state index contributed by atoms with van der Waals surface area (Å²) in [6.07, 6.45) is 3.95. The fourth-order valence-corrected chi connectivity index (χ4v) is 2.10. The van der Waals surface area contributed by atoms with Gasteiger partial charge in [-0.05, 0) is 36.1 Å². The van der Waals surface area contributed by atoms with Crippen molar-refractivity contribution >= 4 is 0 Å². The van der Waals surface area contributed by atoms with Gasteiger partial charge in [0.2, 0.25) is 0 Å². The summed E-state index contributed by atoms with van der Waals surface area (Å²) in [4.78, 5) is 0. The first-order valence-electron chi connectivity index (χ1n) is 6.21. The first-order valence-corrected chi connectivity index (χ1v) is 6.21. The van der Waals surface area contributed by atoms with Crippen LogP contribution in [0.25, 0.3) is 0 Å². The van der Waals surface area contributed by atoms with E-state index in [0.29, 0.717) is 0 Å². The van der Waals surface area contributed by atoms with Gasteiger partial charge in [-0.2, -0.15) is 0 Å². The molecule has 0 N–H and O–H groups in total.